The Morgan fingerprint density at radius 3 is 2.50 bits per heavy atom. The molecule has 36 heavy (non-hydrogen) atoms. The van der Waals surface area contributed by atoms with Crippen LogP contribution in [0.5, 0.6) is 0 Å². The number of hydrogen-bond donors (Lipinski definition) is 2. The number of hydrogen-bond acceptors (Lipinski definition) is 8. The van der Waals surface area contributed by atoms with Gasteiger partial charge in [-0.2, -0.15) is 4.98 Å². The molecule has 0 atom stereocenters. The van der Waals surface area contributed by atoms with E-state index in [0.717, 1.165) is 15.7 Å². The average Bonchev–Trinajstić information content (AvgIpc) is 3.30. The third kappa shape index (κ3) is 5.12. The van der Waals surface area contributed by atoms with Crippen molar-refractivity contribution in [2.75, 3.05) is 12.4 Å². The van der Waals surface area contributed by atoms with Gasteiger partial charge in [0.2, 0.25) is 5.95 Å². The molecule has 0 aliphatic rings. The first kappa shape index (κ1) is 24.3. The Kier molecular flexibility index (Phi) is 6.86. The summed E-state index contributed by atoms with van der Waals surface area (Å²) in [6.45, 7) is 1.69. The largest absolute Gasteiger partial charge is 0.451 e. The molecule has 2 heterocycles. The number of amides is 2. The summed E-state index contributed by atoms with van der Waals surface area (Å²) in [6, 6.07) is 14.0. The molecular weight excluding hydrogens is 468 g/mol. The van der Waals surface area contributed by atoms with Gasteiger partial charge in [-0.1, -0.05) is 29.8 Å². The minimum absolute atomic E-state index is 0.0176. The summed E-state index contributed by atoms with van der Waals surface area (Å²) in [7, 11) is 1.50. The molecule has 4 rings (SSSR count). The van der Waals surface area contributed by atoms with Crippen molar-refractivity contribution in [2.45, 2.75) is 26.4 Å². The molecule has 0 unspecified atom stereocenters. The highest BCUT2D eigenvalue weighted by molar-refractivity contribution is 5.96. The summed E-state index contributed by atoms with van der Waals surface area (Å²) in [5, 5.41) is 8.41. The van der Waals surface area contributed by atoms with Gasteiger partial charge in [0.05, 0.1) is 13.0 Å². The Morgan fingerprint density at radius 1 is 1.06 bits per heavy atom. The number of aromatic nitrogens is 3. The molecule has 0 aliphatic heterocycles. The van der Waals surface area contributed by atoms with E-state index in [-0.39, 0.29) is 30.7 Å². The second kappa shape index (κ2) is 10.2. The van der Waals surface area contributed by atoms with E-state index in [2.05, 4.69) is 20.8 Å². The van der Waals surface area contributed by atoms with Crippen LogP contribution < -0.4 is 22.0 Å². The number of aryl methyl sites for hydroxylation is 1. The molecule has 2 N–H and O–H groups in total. The second-order valence-corrected chi connectivity index (χ2v) is 8.03. The maximum Gasteiger partial charge on any atom is 0.354 e. The van der Waals surface area contributed by atoms with Crippen LogP contribution in [0.4, 0.5) is 11.6 Å². The first-order valence-corrected chi connectivity index (χ1v) is 10.9. The van der Waals surface area contributed by atoms with Gasteiger partial charge in [-0.15, -0.1) is 4.91 Å². The molecule has 184 valence electrons. The molecule has 0 saturated heterocycles. The van der Waals surface area contributed by atoms with Crippen LogP contribution in [0.15, 0.2) is 67.7 Å². The van der Waals surface area contributed by atoms with Crippen molar-refractivity contribution in [3.05, 3.63) is 91.3 Å². The van der Waals surface area contributed by atoms with Crippen LogP contribution in [0, 0.1) is 11.8 Å². The van der Waals surface area contributed by atoms with Crippen LogP contribution in [-0.2, 0) is 17.9 Å². The maximum atomic E-state index is 13.3. The summed E-state index contributed by atoms with van der Waals surface area (Å²) in [5.74, 6) is -1.23. The van der Waals surface area contributed by atoms with Crippen LogP contribution in [0.3, 0.4) is 0 Å². The van der Waals surface area contributed by atoms with Gasteiger partial charge in [-0.3, -0.25) is 14.2 Å². The number of nitrogens with zero attached hydrogens (tertiary/aromatic N) is 4. The number of nitroso groups, excluding NO2 is 1. The Labute approximate surface area is 203 Å². The van der Waals surface area contributed by atoms with E-state index < -0.39 is 23.7 Å². The van der Waals surface area contributed by atoms with Gasteiger partial charge in [0.15, 0.2) is 5.76 Å². The first-order chi connectivity index (χ1) is 17.3. The van der Waals surface area contributed by atoms with E-state index in [1.54, 1.807) is 24.3 Å². The molecular formula is C24H22N6O6. The summed E-state index contributed by atoms with van der Waals surface area (Å²) in [4.78, 5) is 63.5. The predicted molar refractivity (Wildman–Crippen MR) is 131 cm³/mol. The highest BCUT2D eigenvalue weighted by Crippen LogP contribution is 2.24. The molecule has 12 nitrogen and oxygen atoms in total. The predicted octanol–water partition coefficient (Wildman–Crippen LogP) is 2.29. The zero-order chi connectivity index (χ0) is 25.8. The molecule has 0 saturated carbocycles. The Hall–Kier alpha value is -4.87. The van der Waals surface area contributed by atoms with E-state index in [1.165, 1.54) is 11.6 Å². The van der Waals surface area contributed by atoms with E-state index >= 15 is 0 Å². The van der Waals surface area contributed by atoms with Crippen molar-refractivity contribution in [1.82, 2.24) is 19.4 Å². The number of anilines is 2. The van der Waals surface area contributed by atoms with Crippen LogP contribution in [0.25, 0.3) is 11.0 Å². The van der Waals surface area contributed by atoms with Gasteiger partial charge in [0.1, 0.15) is 5.58 Å². The molecule has 0 bridgehead atoms. The summed E-state index contributed by atoms with van der Waals surface area (Å²) >= 11 is 0. The van der Waals surface area contributed by atoms with E-state index in [9.17, 15) is 24.1 Å². The molecule has 0 fully saturated rings. The lowest BCUT2D eigenvalue weighted by Gasteiger charge is -2.15. The SMILES string of the molecule is CNC(=O)c1cc2cc(Nc3nc(=O)n(CCC(=O)N=O)c(=O)n3Cc3ccc(C)cc3)ccc2o1. The monoisotopic (exact) mass is 490 g/mol. The third-order valence-corrected chi connectivity index (χ3v) is 5.49. The lowest BCUT2D eigenvalue weighted by Crippen LogP contribution is -2.43. The summed E-state index contributed by atoms with van der Waals surface area (Å²) in [6.07, 6.45) is -0.400. The molecule has 2 aromatic carbocycles. The topological polar surface area (TPSA) is 158 Å². The second-order valence-electron chi connectivity index (χ2n) is 8.03. The van der Waals surface area contributed by atoms with Crippen molar-refractivity contribution in [1.29, 1.82) is 0 Å². The minimum Gasteiger partial charge on any atom is -0.451 e. The summed E-state index contributed by atoms with van der Waals surface area (Å²) in [5.41, 5.74) is 1.21. The highest BCUT2D eigenvalue weighted by atomic mass is 16.3. The maximum absolute atomic E-state index is 13.3. The fourth-order valence-electron chi connectivity index (χ4n) is 3.57. The zero-order valence-corrected chi connectivity index (χ0v) is 19.5. The third-order valence-electron chi connectivity index (χ3n) is 5.49. The van der Waals surface area contributed by atoms with Crippen molar-refractivity contribution in [2.24, 2.45) is 5.18 Å². The Balaban J connectivity index is 1.75. The fourth-order valence-corrected chi connectivity index (χ4v) is 3.57. The van der Waals surface area contributed by atoms with E-state index in [4.69, 9.17) is 4.42 Å². The van der Waals surface area contributed by atoms with Gasteiger partial charge < -0.3 is 15.1 Å². The Morgan fingerprint density at radius 2 is 1.81 bits per heavy atom. The Bertz CT molecular complexity index is 1580. The number of nitrogens with one attached hydrogen (secondary N) is 2. The fraction of sp³-hybridized carbons (Fsp3) is 0.208. The molecule has 2 amide bonds. The van der Waals surface area contributed by atoms with Gasteiger partial charge in [0, 0.05) is 29.8 Å². The molecule has 12 heteroatoms. The quantitative estimate of drug-likeness (QED) is 0.356. The van der Waals surface area contributed by atoms with Crippen molar-refractivity contribution in [3.63, 3.8) is 0 Å². The van der Waals surface area contributed by atoms with Crippen molar-refractivity contribution >= 4 is 34.4 Å². The van der Waals surface area contributed by atoms with E-state index in [0.29, 0.717) is 16.7 Å². The molecule has 4 aromatic rings. The zero-order valence-electron chi connectivity index (χ0n) is 19.5. The minimum atomic E-state index is -0.974. The van der Waals surface area contributed by atoms with Gasteiger partial charge in [-0.05, 0) is 36.8 Å². The van der Waals surface area contributed by atoms with Crippen molar-refractivity contribution in [3.8, 4) is 0 Å². The smallest absolute Gasteiger partial charge is 0.354 e. The van der Waals surface area contributed by atoms with Crippen LogP contribution in [0.2, 0.25) is 0 Å². The first-order valence-electron chi connectivity index (χ1n) is 10.9. The van der Waals surface area contributed by atoms with Gasteiger partial charge in [0.25, 0.3) is 11.8 Å². The van der Waals surface area contributed by atoms with Crippen LogP contribution in [0.1, 0.15) is 28.1 Å². The number of rotatable bonds is 8. The number of furan rings is 1. The summed E-state index contributed by atoms with van der Waals surface area (Å²) < 4.78 is 7.58. The molecule has 0 radical (unpaired) electrons. The van der Waals surface area contributed by atoms with E-state index in [1.807, 2.05) is 31.2 Å². The number of benzene rings is 2. The van der Waals surface area contributed by atoms with Crippen LogP contribution >= 0.6 is 0 Å². The van der Waals surface area contributed by atoms with Crippen LogP contribution in [-0.4, -0.2) is 33.0 Å². The van der Waals surface area contributed by atoms with Gasteiger partial charge >= 0.3 is 11.4 Å². The molecule has 0 spiro atoms. The number of carbonyl (C=O) groups excluding carboxylic acids is 2. The normalized spacial score (nSPS) is 10.8. The molecule has 2 aromatic heterocycles. The molecule has 0 aliphatic carbocycles. The standard InChI is InChI=1S/C24H22N6O6/c1-14-3-5-15(6-4-14)13-30-22(27-23(33)29(24(30)34)10-9-20(31)28-35)26-17-7-8-18-16(11-17)12-19(36-18)21(32)25-2/h3-8,11-12H,9-10,13H2,1-2H3,(H,25,32)(H,26,27,33). The number of carbonyl (C=O) groups is 2. The number of fused-ring (bicyclic) bond motifs is 1. The highest BCUT2D eigenvalue weighted by Gasteiger charge is 2.16. The van der Waals surface area contributed by atoms with Crippen molar-refractivity contribution < 1.29 is 14.0 Å². The lowest BCUT2D eigenvalue weighted by molar-refractivity contribution is -0.118. The van der Waals surface area contributed by atoms with Gasteiger partial charge in [-0.25, -0.2) is 14.2 Å². The average molecular weight is 490 g/mol. The lowest BCUT2D eigenvalue weighted by atomic mass is 10.1.